The van der Waals surface area contributed by atoms with Crippen LogP contribution in [-0.4, -0.2) is 75.5 Å². The molecule has 2 atom stereocenters. The Balaban J connectivity index is 4.38. The van der Waals surface area contributed by atoms with E-state index in [1.54, 1.807) is 21.1 Å². The van der Waals surface area contributed by atoms with Gasteiger partial charge in [-0.15, -0.1) is 0 Å². The predicted octanol–water partition coefficient (Wildman–Crippen LogP) is 13.9. The SMILES string of the molecule is CC/C=C/C/C=C/C/C=C/C/C=C/C/C=C/C/C=C/C/C=C/CCCC(=O)OCC(COCCC(C(=O)[O-])[N+](C)(C)C)OC(=O)CCCCCCCCCCCC/C=C/C=C/CCCCC. The normalized spacial score (nSPS) is 13.8. The molecule has 0 fully saturated rings. The number of nitrogens with zero attached hydrogens (tertiary/aromatic N) is 1. The van der Waals surface area contributed by atoms with Crippen LogP contribution in [0.5, 0.6) is 0 Å². The van der Waals surface area contributed by atoms with Gasteiger partial charge in [-0.25, -0.2) is 0 Å². The fourth-order valence-electron chi connectivity index (χ4n) is 6.93. The zero-order valence-electron chi connectivity index (χ0n) is 42.6. The first-order valence-corrected chi connectivity index (χ1v) is 25.9. The van der Waals surface area contributed by atoms with Crippen LogP contribution in [0, 0.1) is 0 Å². The van der Waals surface area contributed by atoms with E-state index < -0.39 is 18.1 Å². The lowest BCUT2D eigenvalue weighted by molar-refractivity contribution is -0.889. The molecule has 2 unspecified atom stereocenters. The third kappa shape index (κ3) is 45.2. The van der Waals surface area contributed by atoms with Crippen LogP contribution in [0.2, 0.25) is 0 Å². The number of carbonyl (C=O) groups excluding carboxylic acids is 3. The summed E-state index contributed by atoms with van der Waals surface area (Å²) in [6.45, 7) is 4.45. The monoisotopic (exact) mass is 918 g/mol. The van der Waals surface area contributed by atoms with Crippen LogP contribution in [0.1, 0.15) is 187 Å². The van der Waals surface area contributed by atoms with Gasteiger partial charge in [0.1, 0.15) is 12.6 Å². The summed E-state index contributed by atoms with van der Waals surface area (Å²) in [5, 5.41) is 11.7. The molecule has 0 aliphatic rings. The van der Waals surface area contributed by atoms with Gasteiger partial charge in [-0.05, 0) is 89.9 Å². The quantitative estimate of drug-likeness (QED) is 0.0197. The highest BCUT2D eigenvalue weighted by atomic mass is 16.6. The number of aliphatic carboxylic acids is 1. The van der Waals surface area contributed by atoms with Crippen molar-refractivity contribution >= 4 is 17.9 Å². The zero-order valence-corrected chi connectivity index (χ0v) is 42.6. The van der Waals surface area contributed by atoms with E-state index in [4.69, 9.17) is 14.2 Å². The number of allylic oxidation sites excluding steroid dienone is 18. The van der Waals surface area contributed by atoms with Crippen molar-refractivity contribution in [3.05, 3.63) is 109 Å². The van der Waals surface area contributed by atoms with Gasteiger partial charge in [0.2, 0.25) is 0 Å². The Kier molecular flexibility index (Phi) is 44.6. The average molecular weight is 918 g/mol. The molecule has 0 radical (unpaired) electrons. The standard InChI is InChI=1S/C58H95NO7/c1-6-8-10-12-14-16-18-20-22-24-26-27-28-29-31-32-34-36-38-40-42-44-46-48-56(60)65-53-54(52-64-51-50-55(58(62)63)59(3,4)5)66-57(61)49-47-45-43-41-39-37-35-33-30-25-23-21-19-17-15-13-11-9-7-2/h8,10,14-17,19-22,26-27,29,31,34,36,40,42,54-55H,6-7,9,11-13,18,23-25,28,30,32-33,35,37-39,41,43-53H2,1-5H3/b10-8+,16-14+,17-15+,21-19+,22-20+,27-26+,31-29+,36-34+,42-40+. The summed E-state index contributed by atoms with van der Waals surface area (Å²) in [5.74, 6) is -1.83. The van der Waals surface area contributed by atoms with Gasteiger partial charge in [0, 0.05) is 19.3 Å². The maximum atomic E-state index is 12.8. The van der Waals surface area contributed by atoms with Gasteiger partial charge in [-0.1, -0.05) is 187 Å². The highest BCUT2D eigenvalue weighted by Crippen LogP contribution is 2.14. The molecule has 66 heavy (non-hydrogen) atoms. The van der Waals surface area contributed by atoms with E-state index in [0.29, 0.717) is 12.8 Å². The maximum Gasteiger partial charge on any atom is 0.306 e. The Morgan fingerprint density at radius 2 is 0.909 bits per heavy atom. The smallest absolute Gasteiger partial charge is 0.306 e. The summed E-state index contributed by atoms with van der Waals surface area (Å²) in [4.78, 5) is 37.0. The fourth-order valence-corrected chi connectivity index (χ4v) is 6.93. The molecule has 0 amide bonds. The lowest BCUT2D eigenvalue weighted by Gasteiger charge is -2.34. The van der Waals surface area contributed by atoms with Gasteiger partial charge in [-0.3, -0.25) is 9.59 Å². The molecule has 0 spiro atoms. The van der Waals surface area contributed by atoms with Crippen molar-refractivity contribution in [2.45, 2.75) is 199 Å². The Bertz CT molecular complexity index is 1440. The van der Waals surface area contributed by atoms with Crippen molar-refractivity contribution < 1.29 is 38.2 Å². The van der Waals surface area contributed by atoms with Crippen LogP contribution in [0.4, 0.5) is 0 Å². The lowest BCUT2D eigenvalue weighted by atomic mass is 10.1. The summed E-state index contributed by atoms with van der Waals surface area (Å²) in [7, 11) is 5.39. The number of likely N-dealkylation sites (N-methyl/N-ethyl adjacent to an activating group) is 1. The predicted molar refractivity (Wildman–Crippen MR) is 277 cm³/mol. The molecule has 8 heteroatoms. The van der Waals surface area contributed by atoms with E-state index in [-0.39, 0.29) is 49.1 Å². The summed E-state index contributed by atoms with van der Waals surface area (Å²) >= 11 is 0. The molecule has 8 nitrogen and oxygen atoms in total. The molecule has 0 saturated heterocycles. The number of carbonyl (C=O) groups is 3. The average Bonchev–Trinajstić information content (AvgIpc) is 3.28. The topological polar surface area (TPSA) is 102 Å². The number of hydrogen-bond donors (Lipinski definition) is 0. The zero-order chi connectivity index (χ0) is 48.4. The molecule has 0 rings (SSSR count). The van der Waals surface area contributed by atoms with Crippen molar-refractivity contribution in [1.82, 2.24) is 0 Å². The van der Waals surface area contributed by atoms with Crippen molar-refractivity contribution in [3.8, 4) is 0 Å². The Labute approximate surface area is 404 Å². The fraction of sp³-hybridized carbons (Fsp3) is 0.638. The number of esters is 2. The van der Waals surface area contributed by atoms with E-state index in [9.17, 15) is 19.5 Å². The maximum absolute atomic E-state index is 12.8. The van der Waals surface area contributed by atoms with Crippen LogP contribution in [0.25, 0.3) is 0 Å². The number of carboxylic acids is 1. The van der Waals surface area contributed by atoms with E-state index in [0.717, 1.165) is 77.0 Å². The highest BCUT2D eigenvalue weighted by molar-refractivity contribution is 5.70. The Morgan fingerprint density at radius 1 is 0.485 bits per heavy atom. The van der Waals surface area contributed by atoms with Crippen LogP contribution in [0.3, 0.4) is 0 Å². The minimum atomic E-state index is -1.14. The number of unbranched alkanes of at least 4 members (excludes halogenated alkanes) is 14. The molecule has 0 aromatic carbocycles. The van der Waals surface area contributed by atoms with Gasteiger partial charge < -0.3 is 28.6 Å². The minimum Gasteiger partial charge on any atom is -0.544 e. The molecule has 0 heterocycles. The van der Waals surface area contributed by atoms with Crippen molar-refractivity contribution in [2.75, 3.05) is 41.0 Å². The summed E-state index contributed by atoms with van der Waals surface area (Å²) in [6, 6.07) is -0.742. The minimum absolute atomic E-state index is 0.0144. The summed E-state index contributed by atoms with van der Waals surface area (Å²) < 4.78 is 17.2. The van der Waals surface area contributed by atoms with Gasteiger partial charge in [0.05, 0.1) is 40.3 Å². The lowest BCUT2D eigenvalue weighted by Crippen LogP contribution is -2.55. The van der Waals surface area contributed by atoms with E-state index in [1.807, 2.05) is 0 Å². The number of carboxylic acid groups (broad SMARTS) is 1. The third-order valence-corrected chi connectivity index (χ3v) is 10.9. The number of hydrogen-bond acceptors (Lipinski definition) is 7. The number of ether oxygens (including phenoxy) is 3. The Hall–Kier alpha value is -4.01. The molecule has 0 saturated carbocycles. The molecule has 0 aromatic heterocycles. The van der Waals surface area contributed by atoms with Crippen LogP contribution < -0.4 is 5.11 Å². The third-order valence-electron chi connectivity index (χ3n) is 10.9. The van der Waals surface area contributed by atoms with E-state index in [2.05, 4.69) is 123 Å². The molecule has 374 valence electrons. The molecule has 0 aliphatic heterocycles. The molecular formula is C58H95NO7. The molecule has 0 aliphatic carbocycles. The van der Waals surface area contributed by atoms with Gasteiger partial charge in [-0.2, -0.15) is 0 Å². The highest BCUT2D eigenvalue weighted by Gasteiger charge is 2.25. The van der Waals surface area contributed by atoms with Gasteiger partial charge in [0.25, 0.3) is 0 Å². The molecule has 0 aromatic rings. The van der Waals surface area contributed by atoms with Gasteiger partial charge in [0.15, 0.2) is 6.10 Å². The van der Waals surface area contributed by atoms with Crippen molar-refractivity contribution in [3.63, 3.8) is 0 Å². The number of quaternary nitrogens is 1. The first kappa shape index (κ1) is 62.0. The second kappa shape index (κ2) is 47.5. The molecule has 0 bridgehead atoms. The van der Waals surface area contributed by atoms with Crippen molar-refractivity contribution in [2.24, 2.45) is 0 Å². The van der Waals surface area contributed by atoms with E-state index >= 15 is 0 Å². The van der Waals surface area contributed by atoms with Crippen LogP contribution in [-0.2, 0) is 28.6 Å². The van der Waals surface area contributed by atoms with Crippen molar-refractivity contribution in [1.29, 1.82) is 0 Å². The second-order valence-electron chi connectivity index (χ2n) is 18.1. The first-order valence-electron chi connectivity index (χ1n) is 25.9. The first-order chi connectivity index (χ1) is 32.1. The van der Waals surface area contributed by atoms with Crippen LogP contribution >= 0.6 is 0 Å². The summed E-state index contributed by atoms with van der Waals surface area (Å²) in [6.07, 6.45) is 65.5. The van der Waals surface area contributed by atoms with Crippen LogP contribution in [0.15, 0.2) is 109 Å². The Morgan fingerprint density at radius 3 is 1.38 bits per heavy atom. The van der Waals surface area contributed by atoms with E-state index in [1.165, 1.54) is 70.6 Å². The molecular weight excluding hydrogens is 823 g/mol. The largest absolute Gasteiger partial charge is 0.544 e. The molecule has 0 N–H and O–H groups in total. The van der Waals surface area contributed by atoms with Gasteiger partial charge >= 0.3 is 11.9 Å². The second-order valence-corrected chi connectivity index (χ2v) is 18.1. The number of rotatable bonds is 45. The summed E-state index contributed by atoms with van der Waals surface area (Å²) in [5.41, 5.74) is 0.